The zero-order valence-corrected chi connectivity index (χ0v) is 13.2. The number of phenolic OH excluding ortho intramolecular Hbond substituents is 1. The van der Waals surface area contributed by atoms with Gasteiger partial charge in [-0.1, -0.05) is 6.07 Å². The molecule has 0 spiro atoms. The maximum absolute atomic E-state index is 12.1. The number of rotatable bonds is 4. The SMILES string of the molecule is CSc1cccc(C(=O)Nc2nc(S(C)=O)cs2)c1O. The summed E-state index contributed by atoms with van der Waals surface area (Å²) in [6.07, 6.45) is 3.34. The van der Waals surface area contributed by atoms with E-state index in [4.69, 9.17) is 0 Å². The number of carbonyl (C=O) groups excluding carboxylic acids is 1. The molecule has 1 aromatic heterocycles. The summed E-state index contributed by atoms with van der Waals surface area (Å²) >= 11 is 2.55. The van der Waals surface area contributed by atoms with Crippen LogP contribution in [0.15, 0.2) is 33.5 Å². The molecule has 1 atom stereocenters. The fourth-order valence-corrected chi connectivity index (χ4v) is 3.53. The van der Waals surface area contributed by atoms with E-state index in [-0.39, 0.29) is 11.3 Å². The lowest BCUT2D eigenvalue weighted by Crippen LogP contribution is -2.12. The first kappa shape index (κ1) is 15.0. The Kier molecular flexibility index (Phi) is 4.79. The summed E-state index contributed by atoms with van der Waals surface area (Å²) in [6.45, 7) is 0. The first-order chi connectivity index (χ1) is 9.52. The molecule has 20 heavy (non-hydrogen) atoms. The van der Waals surface area contributed by atoms with E-state index < -0.39 is 16.7 Å². The van der Waals surface area contributed by atoms with E-state index in [1.165, 1.54) is 35.4 Å². The molecule has 0 saturated heterocycles. The van der Waals surface area contributed by atoms with Gasteiger partial charge in [-0.15, -0.1) is 23.1 Å². The maximum atomic E-state index is 12.1. The number of thioether (sulfide) groups is 1. The third kappa shape index (κ3) is 3.20. The van der Waals surface area contributed by atoms with Crippen LogP contribution in [0.4, 0.5) is 5.13 Å². The number of hydrogen-bond donors (Lipinski definition) is 2. The van der Waals surface area contributed by atoms with E-state index in [9.17, 15) is 14.1 Å². The molecule has 1 unspecified atom stereocenters. The summed E-state index contributed by atoms with van der Waals surface area (Å²) in [5.41, 5.74) is 0.186. The summed E-state index contributed by atoms with van der Waals surface area (Å²) in [5.74, 6) is -0.491. The number of aromatic hydroxyl groups is 1. The van der Waals surface area contributed by atoms with Crippen molar-refractivity contribution in [1.29, 1.82) is 0 Å². The van der Waals surface area contributed by atoms with Crippen LogP contribution < -0.4 is 5.32 Å². The minimum Gasteiger partial charge on any atom is -0.506 e. The molecule has 106 valence electrons. The molecule has 5 nitrogen and oxygen atoms in total. The van der Waals surface area contributed by atoms with Gasteiger partial charge in [0.2, 0.25) is 0 Å². The van der Waals surface area contributed by atoms with Gasteiger partial charge in [-0.3, -0.25) is 14.3 Å². The fraction of sp³-hybridized carbons (Fsp3) is 0.167. The maximum Gasteiger partial charge on any atom is 0.261 e. The van der Waals surface area contributed by atoms with E-state index in [0.29, 0.717) is 15.1 Å². The second kappa shape index (κ2) is 6.38. The minimum absolute atomic E-state index is 0.0478. The van der Waals surface area contributed by atoms with Crippen LogP contribution >= 0.6 is 23.1 Å². The Morgan fingerprint density at radius 3 is 2.85 bits per heavy atom. The molecular formula is C12H12N2O3S3. The molecule has 1 amide bonds. The number of para-hydroxylation sites is 1. The van der Waals surface area contributed by atoms with Gasteiger partial charge < -0.3 is 5.11 Å². The van der Waals surface area contributed by atoms with Crippen molar-refractivity contribution in [1.82, 2.24) is 4.98 Å². The van der Waals surface area contributed by atoms with E-state index in [0.717, 1.165) is 0 Å². The number of hydrogen-bond acceptors (Lipinski definition) is 6. The van der Waals surface area contributed by atoms with Crippen LogP contribution in [-0.4, -0.2) is 32.7 Å². The Balaban J connectivity index is 2.21. The van der Waals surface area contributed by atoms with Crippen molar-refractivity contribution in [2.75, 3.05) is 17.8 Å². The first-order valence-electron chi connectivity index (χ1n) is 5.49. The molecule has 0 saturated carbocycles. The molecule has 1 aromatic carbocycles. The van der Waals surface area contributed by atoms with Gasteiger partial charge in [-0.2, -0.15) is 0 Å². The van der Waals surface area contributed by atoms with Gasteiger partial charge in [0.05, 0.1) is 16.4 Å². The Morgan fingerprint density at radius 2 is 2.25 bits per heavy atom. The third-order valence-electron chi connectivity index (χ3n) is 2.46. The first-order valence-corrected chi connectivity index (χ1v) is 9.15. The van der Waals surface area contributed by atoms with Gasteiger partial charge in [-0.25, -0.2) is 4.98 Å². The topological polar surface area (TPSA) is 79.3 Å². The highest BCUT2D eigenvalue weighted by Gasteiger charge is 2.15. The molecule has 1 heterocycles. The number of nitrogens with one attached hydrogen (secondary N) is 1. The van der Waals surface area contributed by atoms with Crippen LogP contribution in [0, 0.1) is 0 Å². The zero-order chi connectivity index (χ0) is 14.7. The van der Waals surface area contributed by atoms with Crippen molar-refractivity contribution in [3.05, 3.63) is 29.1 Å². The van der Waals surface area contributed by atoms with Gasteiger partial charge >= 0.3 is 0 Å². The molecule has 0 radical (unpaired) electrons. The number of anilines is 1. The van der Waals surface area contributed by atoms with Crippen molar-refractivity contribution < 1.29 is 14.1 Å². The largest absolute Gasteiger partial charge is 0.506 e. The highest BCUT2D eigenvalue weighted by Crippen LogP contribution is 2.30. The van der Waals surface area contributed by atoms with Crippen molar-refractivity contribution in [2.45, 2.75) is 9.92 Å². The molecule has 0 aliphatic heterocycles. The average Bonchev–Trinajstić information content (AvgIpc) is 2.87. The summed E-state index contributed by atoms with van der Waals surface area (Å²) in [4.78, 5) is 16.8. The highest BCUT2D eigenvalue weighted by molar-refractivity contribution is 7.98. The predicted molar refractivity (Wildman–Crippen MR) is 82.3 cm³/mol. The van der Waals surface area contributed by atoms with Crippen molar-refractivity contribution >= 4 is 44.9 Å². The van der Waals surface area contributed by atoms with E-state index >= 15 is 0 Å². The lowest BCUT2D eigenvalue weighted by Gasteiger charge is -2.07. The highest BCUT2D eigenvalue weighted by atomic mass is 32.2. The average molecular weight is 328 g/mol. The van der Waals surface area contributed by atoms with Crippen molar-refractivity contribution in [3.8, 4) is 5.75 Å². The molecule has 2 rings (SSSR count). The van der Waals surface area contributed by atoms with Gasteiger partial charge in [-0.05, 0) is 18.4 Å². The lowest BCUT2D eigenvalue weighted by atomic mass is 10.2. The third-order valence-corrected chi connectivity index (χ3v) is 4.94. The molecule has 0 aliphatic carbocycles. The van der Waals surface area contributed by atoms with Gasteiger partial charge in [0.25, 0.3) is 5.91 Å². The lowest BCUT2D eigenvalue weighted by molar-refractivity contribution is 0.102. The number of carbonyl (C=O) groups is 1. The molecule has 2 N–H and O–H groups in total. The van der Waals surface area contributed by atoms with Crippen LogP contribution in [0.2, 0.25) is 0 Å². The van der Waals surface area contributed by atoms with Crippen molar-refractivity contribution in [3.63, 3.8) is 0 Å². The van der Waals surface area contributed by atoms with E-state index in [1.54, 1.807) is 17.5 Å². The van der Waals surface area contributed by atoms with Crippen LogP contribution in [0.5, 0.6) is 5.75 Å². The Labute approximate surface area is 126 Å². The van der Waals surface area contributed by atoms with Gasteiger partial charge in [0, 0.05) is 16.5 Å². The second-order valence-corrected chi connectivity index (χ2v) is 6.79. The van der Waals surface area contributed by atoms with Crippen LogP contribution in [0.3, 0.4) is 0 Å². The van der Waals surface area contributed by atoms with Gasteiger partial charge in [0.1, 0.15) is 10.8 Å². The number of aromatic nitrogens is 1. The second-order valence-electron chi connectivity index (χ2n) is 3.76. The van der Waals surface area contributed by atoms with Crippen LogP contribution in [-0.2, 0) is 10.8 Å². The Morgan fingerprint density at radius 1 is 1.50 bits per heavy atom. The summed E-state index contributed by atoms with van der Waals surface area (Å²) in [5, 5.41) is 15.0. The number of benzene rings is 1. The number of phenols is 1. The number of thiazole rings is 1. The Hall–Kier alpha value is -1.38. The molecule has 2 aromatic rings. The molecule has 0 bridgehead atoms. The van der Waals surface area contributed by atoms with Gasteiger partial charge in [0.15, 0.2) is 5.13 Å². The van der Waals surface area contributed by atoms with E-state index in [1.807, 2.05) is 6.26 Å². The smallest absolute Gasteiger partial charge is 0.261 e. The fourth-order valence-electron chi connectivity index (χ4n) is 1.48. The summed E-state index contributed by atoms with van der Waals surface area (Å²) in [6, 6.07) is 4.98. The standard InChI is InChI=1S/C12H12N2O3S3/c1-18-8-5-3-4-7(10(8)15)11(16)14-12-13-9(6-19-12)20(2)17/h3-6,15H,1-2H3,(H,13,14,16). The van der Waals surface area contributed by atoms with E-state index in [2.05, 4.69) is 10.3 Å². The number of amides is 1. The summed E-state index contributed by atoms with van der Waals surface area (Å²) < 4.78 is 11.3. The molecule has 0 fully saturated rings. The Bertz CT molecular complexity index is 670. The monoisotopic (exact) mass is 328 g/mol. The molecule has 0 aliphatic rings. The minimum atomic E-state index is -1.18. The predicted octanol–water partition coefficient (Wildman–Crippen LogP) is 2.56. The van der Waals surface area contributed by atoms with Crippen LogP contribution in [0.1, 0.15) is 10.4 Å². The van der Waals surface area contributed by atoms with Crippen LogP contribution in [0.25, 0.3) is 0 Å². The quantitative estimate of drug-likeness (QED) is 0.843. The number of nitrogens with zero attached hydrogens (tertiary/aromatic N) is 1. The summed E-state index contributed by atoms with van der Waals surface area (Å²) in [7, 11) is -1.18. The van der Waals surface area contributed by atoms with Crippen molar-refractivity contribution in [2.24, 2.45) is 0 Å². The zero-order valence-electron chi connectivity index (χ0n) is 10.7. The molecule has 8 heteroatoms. The molecular weight excluding hydrogens is 316 g/mol. The normalized spacial score (nSPS) is 12.1.